The monoisotopic (exact) mass is 453 g/mol. The van der Waals surface area contributed by atoms with Gasteiger partial charge in [-0.1, -0.05) is 18.2 Å². The average molecular weight is 454 g/mol. The first kappa shape index (κ1) is 22.1. The molecule has 162 valence electrons. The van der Waals surface area contributed by atoms with E-state index in [1.165, 1.54) is 23.5 Å². The van der Waals surface area contributed by atoms with E-state index in [4.69, 9.17) is 16.2 Å². The maximum Gasteiger partial charge on any atom is 0.246 e. The number of piperidine rings is 1. The molecular weight excluding hydrogens is 430 g/mol. The predicted octanol–water partition coefficient (Wildman–Crippen LogP) is 0.950. The Morgan fingerprint density at radius 3 is 2.47 bits per heavy atom. The van der Waals surface area contributed by atoms with E-state index in [0.29, 0.717) is 18.8 Å². The molecule has 0 spiro atoms. The van der Waals surface area contributed by atoms with E-state index in [2.05, 4.69) is 20.3 Å². The van der Waals surface area contributed by atoms with Crippen molar-refractivity contribution >= 4 is 45.3 Å². The fourth-order valence-corrected chi connectivity index (χ4v) is 5.33. The summed E-state index contributed by atoms with van der Waals surface area (Å²) in [6.45, 7) is 0.938. The maximum atomic E-state index is 13.1. The van der Waals surface area contributed by atoms with E-state index < -0.39 is 10.0 Å². The summed E-state index contributed by atoms with van der Waals surface area (Å²) in [6, 6.07) is 4.51. The van der Waals surface area contributed by atoms with E-state index in [1.807, 2.05) is 0 Å². The van der Waals surface area contributed by atoms with Crippen LogP contribution in [0.2, 0.25) is 0 Å². The quantitative estimate of drug-likeness (QED) is 0.513. The van der Waals surface area contributed by atoms with Gasteiger partial charge in [-0.25, -0.2) is 8.42 Å². The van der Waals surface area contributed by atoms with Crippen molar-refractivity contribution in [3.05, 3.63) is 18.2 Å². The Hall–Kier alpha value is -2.64. The van der Waals surface area contributed by atoms with Gasteiger partial charge >= 0.3 is 0 Å². The molecule has 2 aromatic rings. The molecule has 0 radical (unpaired) electrons. The summed E-state index contributed by atoms with van der Waals surface area (Å²) in [4.78, 5) is 23.8. The van der Waals surface area contributed by atoms with Crippen LogP contribution in [0.1, 0.15) is 19.3 Å². The minimum atomic E-state index is -3.73. The van der Waals surface area contributed by atoms with Gasteiger partial charge in [-0.3, -0.25) is 4.79 Å². The van der Waals surface area contributed by atoms with E-state index >= 15 is 0 Å². The van der Waals surface area contributed by atoms with Gasteiger partial charge in [0, 0.05) is 18.8 Å². The van der Waals surface area contributed by atoms with Crippen LogP contribution in [0.4, 0.5) is 17.6 Å². The van der Waals surface area contributed by atoms with Gasteiger partial charge in [0.1, 0.15) is 10.6 Å². The topological polar surface area (TPSA) is 166 Å². The van der Waals surface area contributed by atoms with E-state index in [-0.39, 0.29) is 39.4 Å². The number of nitrogens with one attached hydrogen (secondary N) is 1. The van der Waals surface area contributed by atoms with Crippen molar-refractivity contribution < 1.29 is 17.9 Å². The number of aromatic nitrogens is 3. The van der Waals surface area contributed by atoms with E-state index in [0.717, 1.165) is 31.0 Å². The summed E-state index contributed by atoms with van der Waals surface area (Å²) < 4.78 is 32.8. The van der Waals surface area contributed by atoms with Crippen LogP contribution in [0, 0.1) is 0 Å². The van der Waals surface area contributed by atoms with Gasteiger partial charge in [0.25, 0.3) is 0 Å². The number of benzene rings is 1. The van der Waals surface area contributed by atoms with E-state index in [9.17, 15) is 13.2 Å². The van der Waals surface area contributed by atoms with Gasteiger partial charge < -0.3 is 21.5 Å². The lowest BCUT2D eigenvalue weighted by atomic mass is 10.2. The number of nitrogens with two attached hydrogens (primary N) is 2. The smallest absolute Gasteiger partial charge is 0.246 e. The molecule has 2 heterocycles. The van der Waals surface area contributed by atoms with Crippen LogP contribution in [-0.4, -0.2) is 59.5 Å². The number of nitrogen functional groups attached to an aromatic ring is 2. The third-order valence-electron chi connectivity index (χ3n) is 4.36. The van der Waals surface area contributed by atoms with Crippen LogP contribution in [0.3, 0.4) is 0 Å². The Balaban J connectivity index is 1.73. The lowest BCUT2D eigenvalue weighted by molar-refractivity contribution is -0.113. The molecular formula is C17H23N7O4S2. The van der Waals surface area contributed by atoms with Crippen molar-refractivity contribution in [3.63, 3.8) is 0 Å². The van der Waals surface area contributed by atoms with Crippen molar-refractivity contribution in [2.45, 2.75) is 29.3 Å². The fraction of sp³-hybridized carbons (Fsp3) is 0.412. The van der Waals surface area contributed by atoms with Crippen molar-refractivity contribution in [3.8, 4) is 5.75 Å². The SMILES string of the molecule is COc1ccc(NC(=O)CSc2nc(N)nc(N)n2)cc1S(=O)(=O)N1CCCCC1. The lowest BCUT2D eigenvalue weighted by Crippen LogP contribution is -2.35. The Morgan fingerprint density at radius 2 is 1.83 bits per heavy atom. The molecule has 1 aromatic carbocycles. The van der Waals surface area contributed by atoms with Gasteiger partial charge in [-0.2, -0.15) is 19.3 Å². The van der Waals surface area contributed by atoms with Crippen LogP contribution < -0.4 is 21.5 Å². The highest BCUT2D eigenvalue weighted by Crippen LogP contribution is 2.31. The second kappa shape index (κ2) is 9.45. The van der Waals surface area contributed by atoms with Gasteiger partial charge in [-0.05, 0) is 31.0 Å². The number of hydrogen-bond acceptors (Lipinski definition) is 10. The summed E-state index contributed by atoms with van der Waals surface area (Å²) in [5, 5.41) is 2.90. The number of rotatable bonds is 7. The number of methoxy groups -OCH3 is 1. The zero-order valence-corrected chi connectivity index (χ0v) is 18.0. The molecule has 0 unspecified atom stereocenters. The highest BCUT2D eigenvalue weighted by atomic mass is 32.2. The number of nitrogens with zero attached hydrogens (tertiary/aromatic N) is 4. The van der Waals surface area contributed by atoms with E-state index in [1.54, 1.807) is 6.07 Å². The Labute approximate surface area is 178 Å². The minimum absolute atomic E-state index is 0.0235. The predicted molar refractivity (Wildman–Crippen MR) is 114 cm³/mol. The molecule has 5 N–H and O–H groups in total. The van der Waals surface area contributed by atoms with Crippen molar-refractivity contribution in [1.29, 1.82) is 0 Å². The van der Waals surface area contributed by atoms with Gasteiger partial charge in [0.15, 0.2) is 5.16 Å². The normalized spacial score (nSPS) is 15.0. The number of ether oxygens (including phenoxy) is 1. The highest BCUT2D eigenvalue weighted by molar-refractivity contribution is 7.99. The first-order valence-electron chi connectivity index (χ1n) is 9.17. The zero-order chi connectivity index (χ0) is 21.7. The summed E-state index contributed by atoms with van der Waals surface area (Å²) >= 11 is 1.03. The van der Waals surface area contributed by atoms with Crippen LogP contribution in [0.5, 0.6) is 5.75 Å². The molecule has 1 aliphatic heterocycles. The second-order valence-corrected chi connectivity index (χ2v) is 9.35. The van der Waals surface area contributed by atoms with Gasteiger partial charge in [-0.15, -0.1) is 0 Å². The Morgan fingerprint density at radius 1 is 1.17 bits per heavy atom. The minimum Gasteiger partial charge on any atom is -0.495 e. The Bertz CT molecular complexity index is 1010. The average Bonchev–Trinajstić information content (AvgIpc) is 2.72. The van der Waals surface area contributed by atoms with Crippen LogP contribution in [0.15, 0.2) is 28.3 Å². The fourth-order valence-electron chi connectivity index (χ4n) is 2.98. The van der Waals surface area contributed by atoms with Gasteiger partial charge in [0.2, 0.25) is 27.8 Å². The van der Waals surface area contributed by atoms with Crippen molar-refractivity contribution in [2.24, 2.45) is 0 Å². The molecule has 30 heavy (non-hydrogen) atoms. The number of carbonyl (C=O) groups is 1. The number of carbonyl (C=O) groups excluding carboxylic acids is 1. The molecule has 13 heteroatoms. The number of anilines is 3. The molecule has 11 nitrogen and oxygen atoms in total. The number of sulfonamides is 1. The summed E-state index contributed by atoms with van der Waals surface area (Å²) in [7, 11) is -2.32. The largest absolute Gasteiger partial charge is 0.495 e. The molecule has 1 aromatic heterocycles. The number of amides is 1. The van der Waals surface area contributed by atoms with Crippen LogP contribution in [-0.2, 0) is 14.8 Å². The van der Waals surface area contributed by atoms with Gasteiger partial charge in [0.05, 0.1) is 12.9 Å². The molecule has 3 rings (SSSR count). The summed E-state index contributed by atoms with van der Waals surface area (Å²) in [5.74, 6) is -0.238. The molecule has 1 aliphatic rings. The summed E-state index contributed by atoms with van der Waals surface area (Å²) in [6.07, 6.45) is 2.65. The molecule has 0 saturated carbocycles. The van der Waals surface area contributed by atoms with Crippen LogP contribution in [0.25, 0.3) is 0 Å². The number of hydrogen-bond donors (Lipinski definition) is 3. The zero-order valence-electron chi connectivity index (χ0n) is 16.4. The lowest BCUT2D eigenvalue weighted by Gasteiger charge is -2.26. The maximum absolute atomic E-state index is 13.1. The molecule has 0 atom stereocenters. The first-order valence-corrected chi connectivity index (χ1v) is 11.6. The third kappa shape index (κ3) is 5.29. The third-order valence-corrected chi connectivity index (χ3v) is 7.13. The highest BCUT2D eigenvalue weighted by Gasteiger charge is 2.29. The second-order valence-electron chi connectivity index (χ2n) is 6.50. The first-order chi connectivity index (χ1) is 14.3. The van der Waals surface area contributed by atoms with Crippen molar-refractivity contribution in [1.82, 2.24) is 19.3 Å². The number of thioether (sulfide) groups is 1. The Kier molecular flexibility index (Phi) is 6.95. The van der Waals surface area contributed by atoms with Crippen molar-refractivity contribution in [2.75, 3.05) is 42.7 Å². The summed E-state index contributed by atoms with van der Waals surface area (Å²) in [5.41, 5.74) is 11.4. The molecule has 1 saturated heterocycles. The molecule has 1 fully saturated rings. The molecule has 0 aliphatic carbocycles. The molecule has 0 bridgehead atoms. The standard InChI is InChI=1S/C17H23N7O4S2/c1-28-12-6-5-11(9-13(12)30(26,27)24-7-3-2-4-8-24)20-14(25)10-29-17-22-15(18)21-16(19)23-17/h5-6,9H,2-4,7-8,10H2,1H3,(H,20,25)(H4,18,19,21,22,23). The molecule has 1 amide bonds. The van der Waals surface area contributed by atoms with Crippen LogP contribution >= 0.6 is 11.8 Å².